The van der Waals surface area contributed by atoms with Gasteiger partial charge in [0.1, 0.15) is 5.82 Å². The van der Waals surface area contributed by atoms with Crippen molar-refractivity contribution >= 4 is 24.0 Å². The van der Waals surface area contributed by atoms with E-state index in [2.05, 4.69) is 17.1 Å². The average molecular weight is 279 g/mol. The number of hydrogen-bond donors (Lipinski definition) is 1. The van der Waals surface area contributed by atoms with E-state index in [1.54, 1.807) is 6.07 Å². The van der Waals surface area contributed by atoms with Crippen molar-refractivity contribution in [3.63, 3.8) is 0 Å². The van der Waals surface area contributed by atoms with Crippen LogP contribution in [0.3, 0.4) is 0 Å². The minimum Gasteiger partial charge on any atom is -0.314 e. The van der Waals surface area contributed by atoms with E-state index in [4.69, 9.17) is 11.6 Å². The fraction of sp³-hybridized carbons (Fsp3) is 0.500. The van der Waals surface area contributed by atoms with E-state index < -0.39 is 0 Å². The summed E-state index contributed by atoms with van der Waals surface area (Å²) >= 11 is 5.86. The lowest BCUT2D eigenvalue weighted by Crippen LogP contribution is -2.44. The summed E-state index contributed by atoms with van der Waals surface area (Å²) in [5.41, 5.74) is 0.951. The Morgan fingerprint density at radius 2 is 1.94 bits per heavy atom. The zero-order valence-corrected chi connectivity index (χ0v) is 11.3. The van der Waals surface area contributed by atoms with Gasteiger partial charge in [0.05, 0.1) is 0 Å². The molecule has 2 nitrogen and oxygen atoms in total. The van der Waals surface area contributed by atoms with Gasteiger partial charge in [-0.25, -0.2) is 4.39 Å². The predicted octanol–water partition coefficient (Wildman–Crippen LogP) is 2.87. The Balaban J connectivity index is 0.00000144. The molecule has 0 bridgehead atoms. The van der Waals surface area contributed by atoms with Crippen molar-refractivity contribution in [3.8, 4) is 0 Å². The molecule has 0 spiro atoms. The summed E-state index contributed by atoms with van der Waals surface area (Å²) in [6.45, 7) is 6.07. The second-order valence-corrected chi connectivity index (χ2v) is 4.60. The molecule has 1 aliphatic heterocycles. The van der Waals surface area contributed by atoms with Crippen LogP contribution in [0.2, 0.25) is 5.02 Å². The minimum absolute atomic E-state index is 0. The Hall–Kier alpha value is -0.350. The molecular formula is C12H17Cl2FN2. The molecule has 1 aliphatic rings. The number of piperazine rings is 1. The largest absolute Gasteiger partial charge is 0.314 e. The molecule has 1 aromatic rings. The Morgan fingerprint density at radius 3 is 2.53 bits per heavy atom. The highest BCUT2D eigenvalue weighted by molar-refractivity contribution is 6.30. The lowest BCUT2D eigenvalue weighted by Gasteiger charge is -2.33. The van der Waals surface area contributed by atoms with Crippen molar-refractivity contribution in [2.45, 2.75) is 13.0 Å². The van der Waals surface area contributed by atoms with Crippen LogP contribution in [0.5, 0.6) is 0 Å². The molecule has 0 radical (unpaired) electrons. The van der Waals surface area contributed by atoms with Gasteiger partial charge in [-0.1, -0.05) is 11.6 Å². The van der Waals surface area contributed by atoms with E-state index in [1.807, 2.05) is 6.07 Å². The summed E-state index contributed by atoms with van der Waals surface area (Å²) in [7, 11) is 0. The van der Waals surface area contributed by atoms with E-state index in [1.165, 1.54) is 6.07 Å². The highest BCUT2D eigenvalue weighted by atomic mass is 35.5. The highest BCUT2D eigenvalue weighted by Gasteiger charge is 2.18. The Labute approximate surface area is 113 Å². The maximum Gasteiger partial charge on any atom is 0.125 e. The Kier molecular flexibility index (Phi) is 5.67. The van der Waals surface area contributed by atoms with Gasteiger partial charge in [0.2, 0.25) is 0 Å². The number of hydrogen-bond acceptors (Lipinski definition) is 2. The molecule has 1 aromatic carbocycles. The molecule has 0 unspecified atom stereocenters. The Morgan fingerprint density at radius 1 is 1.29 bits per heavy atom. The number of nitrogens with one attached hydrogen (secondary N) is 1. The van der Waals surface area contributed by atoms with Gasteiger partial charge in [-0.2, -0.15) is 0 Å². The molecule has 0 amide bonds. The van der Waals surface area contributed by atoms with Crippen molar-refractivity contribution in [3.05, 3.63) is 34.6 Å². The third-order valence-electron chi connectivity index (χ3n) is 3.07. The van der Waals surface area contributed by atoms with Gasteiger partial charge in [0.15, 0.2) is 0 Å². The van der Waals surface area contributed by atoms with Gasteiger partial charge >= 0.3 is 0 Å². The van der Waals surface area contributed by atoms with Gasteiger partial charge in [-0.15, -0.1) is 12.4 Å². The minimum atomic E-state index is -0.260. The van der Waals surface area contributed by atoms with Crippen molar-refractivity contribution in [2.75, 3.05) is 26.2 Å². The third-order valence-corrected chi connectivity index (χ3v) is 3.28. The van der Waals surface area contributed by atoms with Gasteiger partial charge in [-0.05, 0) is 30.7 Å². The van der Waals surface area contributed by atoms with Crippen LogP contribution in [0.15, 0.2) is 18.2 Å². The maximum absolute atomic E-state index is 13.2. The summed E-state index contributed by atoms with van der Waals surface area (Å²) in [6.07, 6.45) is 0. The van der Waals surface area contributed by atoms with Crippen LogP contribution in [0.25, 0.3) is 0 Å². The predicted molar refractivity (Wildman–Crippen MR) is 71.5 cm³/mol. The zero-order valence-electron chi connectivity index (χ0n) is 9.75. The lowest BCUT2D eigenvalue weighted by atomic mass is 10.1. The molecule has 96 valence electrons. The van der Waals surface area contributed by atoms with E-state index in [9.17, 15) is 4.39 Å². The molecule has 0 aliphatic carbocycles. The summed E-state index contributed by atoms with van der Waals surface area (Å²) in [5, 5.41) is 3.77. The summed E-state index contributed by atoms with van der Waals surface area (Å²) in [4.78, 5) is 2.33. The lowest BCUT2D eigenvalue weighted by molar-refractivity contribution is 0.185. The molecule has 1 fully saturated rings. The first-order chi connectivity index (χ1) is 7.66. The first kappa shape index (κ1) is 14.7. The second-order valence-electron chi connectivity index (χ2n) is 4.16. The van der Waals surface area contributed by atoms with Crippen LogP contribution in [0.4, 0.5) is 4.39 Å². The van der Waals surface area contributed by atoms with E-state index in [0.717, 1.165) is 31.7 Å². The fourth-order valence-corrected chi connectivity index (χ4v) is 2.33. The van der Waals surface area contributed by atoms with E-state index >= 15 is 0 Å². The molecule has 1 saturated heterocycles. The van der Waals surface area contributed by atoms with Gasteiger partial charge in [0.25, 0.3) is 0 Å². The standard InChI is InChI=1S/C12H16ClFN2.ClH/c1-9(16-4-2-15-3-5-16)10-6-11(13)8-12(14)7-10;/h6-9,15H,2-5H2,1H3;1H/t9-;/m1./s1. The first-order valence-electron chi connectivity index (χ1n) is 5.57. The van der Waals surface area contributed by atoms with Crippen molar-refractivity contribution in [1.82, 2.24) is 10.2 Å². The molecule has 0 aromatic heterocycles. The molecular weight excluding hydrogens is 262 g/mol. The number of halogens is 3. The molecule has 5 heteroatoms. The monoisotopic (exact) mass is 278 g/mol. The number of benzene rings is 1. The normalized spacial score (nSPS) is 18.5. The highest BCUT2D eigenvalue weighted by Crippen LogP contribution is 2.24. The molecule has 1 N–H and O–H groups in total. The van der Waals surface area contributed by atoms with Crippen LogP contribution in [0, 0.1) is 5.82 Å². The molecule has 0 saturated carbocycles. The number of rotatable bonds is 2. The van der Waals surface area contributed by atoms with Gasteiger partial charge < -0.3 is 5.32 Å². The average Bonchev–Trinajstić information content (AvgIpc) is 2.28. The molecule has 1 heterocycles. The van der Waals surface area contributed by atoms with Crippen LogP contribution in [-0.2, 0) is 0 Å². The van der Waals surface area contributed by atoms with Crippen molar-refractivity contribution < 1.29 is 4.39 Å². The molecule has 1 atom stereocenters. The van der Waals surface area contributed by atoms with Crippen molar-refractivity contribution in [1.29, 1.82) is 0 Å². The van der Waals surface area contributed by atoms with Crippen LogP contribution >= 0.6 is 24.0 Å². The fourth-order valence-electron chi connectivity index (χ4n) is 2.10. The van der Waals surface area contributed by atoms with Crippen LogP contribution in [-0.4, -0.2) is 31.1 Å². The van der Waals surface area contributed by atoms with Gasteiger partial charge in [0, 0.05) is 37.2 Å². The third kappa shape index (κ3) is 3.81. The van der Waals surface area contributed by atoms with Crippen molar-refractivity contribution in [2.24, 2.45) is 0 Å². The molecule has 2 rings (SSSR count). The number of nitrogens with zero attached hydrogens (tertiary/aromatic N) is 1. The topological polar surface area (TPSA) is 15.3 Å². The summed E-state index contributed by atoms with van der Waals surface area (Å²) in [5.74, 6) is -0.260. The summed E-state index contributed by atoms with van der Waals surface area (Å²) < 4.78 is 13.2. The van der Waals surface area contributed by atoms with E-state index in [0.29, 0.717) is 5.02 Å². The SMILES string of the molecule is C[C@H](c1cc(F)cc(Cl)c1)N1CCNCC1.Cl. The maximum atomic E-state index is 13.2. The van der Waals surface area contributed by atoms with Crippen LogP contribution < -0.4 is 5.32 Å². The van der Waals surface area contributed by atoms with Crippen LogP contribution in [0.1, 0.15) is 18.5 Å². The quantitative estimate of drug-likeness (QED) is 0.895. The van der Waals surface area contributed by atoms with E-state index in [-0.39, 0.29) is 24.3 Å². The molecule has 17 heavy (non-hydrogen) atoms. The second kappa shape index (κ2) is 6.55. The Bertz CT molecular complexity index is 347. The first-order valence-corrected chi connectivity index (χ1v) is 5.95. The smallest absolute Gasteiger partial charge is 0.125 e. The zero-order chi connectivity index (χ0) is 11.5. The van der Waals surface area contributed by atoms with Gasteiger partial charge in [-0.3, -0.25) is 4.90 Å². The summed E-state index contributed by atoms with van der Waals surface area (Å²) in [6, 6.07) is 4.97.